The van der Waals surface area contributed by atoms with E-state index in [1.807, 2.05) is 0 Å². The number of benzene rings is 2. The molecule has 0 spiro atoms. The zero-order valence-corrected chi connectivity index (χ0v) is 11.5. The van der Waals surface area contributed by atoms with Gasteiger partial charge in [0.15, 0.2) is 0 Å². The van der Waals surface area contributed by atoms with Crippen LogP contribution in [0.3, 0.4) is 0 Å². The predicted molar refractivity (Wildman–Crippen MR) is 71.8 cm³/mol. The van der Waals surface area contributed by atoms with Crippen LogP contribution < -0.4 is 15.2 Å². The molecule has 0 heterocycles. The zero-order valence-electron chi connectivity index (χ0n) is 9.95. The minimum atomic E-state index is -4.71. The SMILES string of the molecule is Nc1cc(Br)ccc1Oc1ccc(OC(F)(F)F)cc1. The molecule has 0 aromatic heterocycles. The monoisotopic (exact) mass is 347 g/mol. The molecule has 0 saturated heterocycles. The molecule has 0 amide bonds. The average molecular weight is 348 g/mol. The van der Waals surface area contributed by atoms with Gasteiger partial charge in [0.05, 0.1) is 5.69 Å². The second kappa shape index (κ2) is 5.62. The number of hydrogen-bond acceptors (Lipinski definition) is 3. The minimum Gasteiger partial charge on any atom is -0.455 e. The lowest BCUT2D eigenvalue weighted by atomic mass is 10.3. The summed E-state index contributed by atoms with van der Waals surface area (Å²) in [6.45, 7) is 0. The van der Waals surface area contributed by atoms with E-state index in [2.05, 4.69) is 20.7 Å². The van der Waals surface area contributed by atoms with Gasteiger partial charge in [-0.1, -0.05) is 15.9 Å². The fourth-order valence-corrected chi connectivity index (χ4v) is 1.83. The van der Waals surface area contributed by atoms with Gasteiger partial charge in [-0.25, -0.2) is 0 Å². The highest BCUT2D eigenvalue weighted by Gasteiger charge is 2.30. The van der Waals surface area contributed by atoms with E-state index in [1.54, 1.807) is 18.2 Å². The van der Waals surface area contributed by atoms with Crippen molar-refractivity contribution in [3.63, 3.8) is 0 Å². The first-order valence-electron chi connectivity index (χ1n) is 5.42. The van der Waals surface area contributed by atoms with Crippen LogP contribution in [-0.2, 0) is 0 Å². The van der Waals surface area contributed by atoms with Crippen LogP contribution in [0.5, 0.6) is 17.2 Å². The number of halogens is 4. The highest BCUT2D eigenvalue weighted by molar-refractivity contribution is 9.10. The maximum atomic E-state index is 12.0. The largest absolute Gasteiger partial charge is 0.573 e. The lowest BCUT2D eigenvalue weighted by Gasteiger charge is -2.11. The predicted octanol–water partition coefficient (Wildman–Crippen LogP) is 4.72. The summed E-state index contributed by atoms with van der Waals surface area (Å²) in [5, 5.41) is 0. The normalized spacial score (nSPS) is 11.2. The van der Waals surface area contributed by atoms with E-state index in [4.69, 9.17) is 10.5 Å². The van der Waals surface area contributed by atoms with Crippen molar-refractivity contribution in [1.82, 2.24) is 0 Å². The molecule has 0 saturated carbocycles. The number of ether oxygens (including phenoxy) is 2. The summed E-state index contributed by atoms with van der Waals surface area (Å²) in [6, 6.07) is 10.1. The summed E-state index contributed by atoms with van der Waals surface area (Å²) in [5.41, 5.74) is 6.17. The first-order chi connectivity index (χ1) is 9.33. The van der Waals surface area contributed by atoms with Gasteiger partial charge >= 0.3 is 6.36 Å². The molecule has 0 aliphatic heterocycles. The summed E-state index contributed by atoms with van der Waals surface area (Å²) in [6.07, 6.45) is -4.71. The Bertz CT molecular complexity index is 600. The summed E-state index contributed by atoms with van der Waals surface area (Å²) in [5.74, 6) is 0.458. The molecular weight excluding hydrogens is 339 g/mol. The molecule has 2 aromatic rings. The molecule has 0 bridgehead atoms. The molecule has 0 radical (unpaired) electrons. The molecule has 7 heteroatoms. The second-order valence-electron chi connectivity index (χ2n) is 3.80. The molecule has 2 rings (SSSR count). The van der Waals surface area contributed by atoms with Gasteiger partial charge in [-0.2, -0.15) is 0 Å². The van der Waals surface area contributed by atoms with Crippen molar-refractivity contribution < 1.29 is 22.6 Å². The molecule has 0 aliphatic carbocycles. The highest BCUT2D eigenvalue weighted by atomic mass is 79.9. The molecule has 20 heavy (non-hydrogen) atoms. The lowest BCUT2D eigenvalue weighted by Crippen LogP contribution is -2.16. The van der Waals surface area contributed by atoms with Crippen molar-refractivity contribution in [2.75, 3.05) is 5.73 Å². The summed E-state index contributed by atoms with van der Waals surface area (Å²) in [4.78, 5) is 0. The quantitative estimate of drug-likeness (QED) is 0.817. The fourth-order valence-electron chi connectivity index (χ4n) is 1.45. The third-order valence-corrected chi connectivity index (χ3v) is 2.75. The van der Waals surface area contributed by atoms with E-state index in [-0.39, 0.29) is 5.75 Å². The summed E-state index contributed by atoms with van der Waals surface area (Å²) in [7, 11) is 0. The van der Waals surface area contributed by atoms with Crippen molar-refractivity contribution in [3.05, 3.63) is 46.9 Å². The molecule has 0 aliphatic rings. The molecule has 3 nitrogen and oxygen atoms in total. The van der Waals surface area contributed by atoms with Gasteiger partial charge in [-0.05, 0) is 42.5 Å². The van der Waals surface area contributed by atoms with Crippen LogP contribution in [0.25, 0.3) is 0 Å². The number of nitrogen functional groups attached to an aromatic ring is 1. The number of hydrogen-bond donors (Lipinski definition) is 1. The number of anilines is 1. The van der Waals surface area contributed by atoms with Crippen LogP contribution in [0.15, 0.2) is 46.9 Å². The van der Waals surface area contributed by atoms with Crippen LogP contribution in [0.2, 0.25) is 0 Å². The van der Waals surface area contributed by atoms with E-state index in [0.717, 1.165) is 16.6 Å². The Hall–Kier alpha value is -1.89. The first-order valence-corrected chi connectivity index (χ1v) is 6.21. The Kier molecular flexibility index (Phi) is 4.08. The molecule has 0 atom stereocenters. The second-order valence-corrected chi connectivity index (χ2v) is 4.72. The van der Waals surface area contributed by atoms with Crippen LogP contribution in [0.1, 0.15) is 0 Å². The highest BCUT2D eigenvalue weighted by Crippen LogP contribution is 2.31. The minimum absolute atomic E-state index is 0.311. The van der Waals surface area contributed by atoms with Crippen LogP contribution in [0, 0.1) is 0 Å². The third kappa shape index (κ3) is 4.06. The standard InChI is InChI=1S/C13H9BrF3NO2/c14-8-1-6-12(11(18)7-8)19-9-2-4-10(5-3-9)20-13(15,16)17/h1-7H,18H2. The van der Waals surface area contributed by atoms with Gasteiger partial charge in [0, 0.05) is 4.47 Å². The Labute approximate surface area is 121 Å². The van der Waals surface area contributed by atoms with Crippen molar-refractivity contribution in [1.29, 1.82) is 0 Å². The van der Waals surface area contributed by atoms with Crippen LogP contribution in [0.4, 0.5) is 18.9 Å². The van der Waals surface area contributed by atoms with Gasteiger partial charge in [0.2, 0.25) is 0 Å². The van der Waals surface area contributed by atoms with E-state index in [1.165, 1.54) is 12.1 Å². The van der Waals surface area contributed by atoms with E-state index in [9.17, 15) is 13.2 Å². The molecule has 2 N–H and O–H groups in total. The lowest BCUT2D eigenvalue weighted by molar-refractivity contribution is -0.274. The van der Waals surface area contributed by atoms with Gasteiger partial charge in [0.1, 0.15) is 17.2 Å². The first kappa shape index (κ1) is 14.5. The maximum Gasteiger partial charge on any atom is 0.573 e. The van der Waals surface area contributed by atoms with E-state index < -0.39 is 6.36 Å². The van der Waals surface area contributed by atoms with Crippen molar-refractivity contribution in [2.45, 2.75) is 6.36 Å². The Balaban J connectivity index is 2.11. The smallest absolute Gasteiger partial charge is 0.455 e. The van der Waals surface area contributed by atoms with Crippen LogP contribution in [-0.4, -0.2) is 6.36 Å². The zero-order chi connectivity index (χ0) is 14.8. The number of nitrogens with two attached hydrogens (primary N) is 1. The third-order valence-electron chi connectivity index (χ3n) is 2.26. The van der Waals surface area contributed by atoms with Crippen molar-refractivity contribution in [2.24, 2.45) is 0 Å². The Morgan fingerprint density at radius 2 is 1.55 bits per heavy atom. The molecule has 2 aromatic carbocycles. The Morgan fingerprint density at radius 3 is 2.10 bits per heavy atom. The van der Waals surface area contributed by atoms with Gasteiger partial charge in [-0.3, -0.25) is 0 Å². The Morgan fingerprint density at radius 1 is 0.950 bits per heavy atom. The molecular formula is C13H9BrF3NO2. The molecule has 106 valence electrons. The van der Waals surface area contributed by atoms with Gasteiger partial charge < -0.3 is 15.2 Å². The molecule has 0 fully saturated rings. The number of rotatable bonds is 3. The summed E-state index contributed by atoms with van der Waals surface area (Å²) < 4.78 is 46.0. The maximum absolute atomic E-state index is 12.0. The topological polar surface area (TPSA) is 44.5 Å². The number of alkyl halides is 3. The van der Waals surface area contributed by atoms with Crippen molar-refractivity contribution in [3.8, 4) is 17.2 Å². The molecule has 0 unspecified atom stereocenters. The average Bonchev–Trinajstić information content (AvgIpc) is 2.33. The summed E-state index contributed by atoms with van der Waals surface area (Å²) >= 11 is 3.26. The van der Waals surface area contributed by atoms with E-state index in [0.29, 0.717) is 17.2 Å². The van der Waals surface area contributed by atoms with Gasteiger partial charge in [-0.15, -0.1) is 13.2 Å². The van der Waals surface area contributed by atoms with Crippen LogP contribution >= 0.6 is 15.9 Å². The van der Waals surface area contributed by atoms with E-state index >= 15 is 0 Å². The van der Waals surface area contributed by atoms with Crippen molar-refractivity contribution >= 4 is 21.6 Å². The van der Waals surface area contributed by atoms with Gasteiger partial charge in [0.25, 0.3) is 0 Å². The fraction of sp³-hybridized carbons (Fsp3) is 0.0769.